The van der Waals surface area contributed by atoms with E-state index in [0.29, 0.717) is 13.0 Å². The van der Waals surface area contributed by atoms with Crippen molar-refractivity contribution in [3.63, 3.8) is 0 Å². The van der Waals surface area contributed by atoms with Gasteiger partial charge in [-0.3, -0.25) is 4.79 Å². The molecule has 5 heteroatoms. The van der Waals surface area contributed by atoms with Crippen LogP contribution < -0.4 is 11.1 Å². The summed E-state index contributed by atoms with van der Waals surface area (Å²) in [4.78, 5) is 19.4. The minimum absolute atomic E-state index is 0.0414. The van der Waals surface area contributed by atoms with Crippen LogP contribution in [0.2, 0.25) is 0 Å². The molecule has 2 rings (SSSR count). The van der Waals surface area contributed by atoms with Crippen LogP contribution in [-0.4, -0.2) is 22.4 Å². The molecule has 1 amide bonds. The first-order chi connectivity index (χ1) is 9.70. The first kappa shape index (κ1) is 14.3. The number of nitrogens with one attached hydrogen (secondary N) is 2. The maximum atomic E-state index is 12.3. The van der Waals surface area contributed by atoms with Gasteiger partial charge in [-0.15, -0.1) is 0 Å². The van der Waals surface area contributed by atoms with Gasteiger partial charge in [0, 0.05) is 18.9 Å². The molecule has 0 bridgehead atoms. The number of H-pyrrole nitrogens is 1. The minimum atomic E-state index is -0.227. The monoisotopic (exact) mass is 272 g/mol. The lowest BCUT2D eigenvalue weighted by Crippen LogP contribution is -2.37. The largest absolute Gasteiger partial charge is 0.347 e. The molecule has 20 heavy (non-hydrogen) atoms. The minimum Gasteiger partial charge on any atom is -0.347 e. The number of imidazole rings is 1. The average Bonchev–Trinajstić information content (AvgIpc) is 3.00. The van der Waals surface area contributed by atoms with Gasteiger partial charge in [-0.25, -0.2) is 4.98 Å². The molecule has 0 aliphatic heterocycles. The fourth-order valence-electron chi connectivity index (χ4n) is 2.10. The summed E-state index contributed by atoms with van der Waals surface area (Å²) in [5, 5.41) is 2.94. The van der Waals surface area contributed by atoms with E-state index in [4.69, 9.17) is 5.73 Å². The number of benzene rings is 1. The van der Waals surface area contributed by atoms with Gasteiger partial charge >= 0.3 is 0 Å². The van der Waals surface area contributed by atoms with Gasteiger partial charge in [-0.05, 0) is 18.9 Å². The van der Waals surface area contributed by atoms with E-state index in [0.717, 1.165) is 11.4 Å². The second kappa shape index (κ2) is 6.86. The molecule has 1 heterocycles. The van der Waals surface area contributed by atoms with Crippen molar-refractivity contribution in [2.24, 2.45) is 11.7 Å². The molecule has 0 fully saturated rings. The van der Waals surface area contributed by atoms with Crippen LogP contribution in [0.5, 0.6) is 0 Å². The smallest absolute Gasteiger partial charge is 0.225 e. The lowest BCUT2D eigenvalue weighted by Gasteiger charge is -2.18. The fourth-order valence-corrected chi connectivity index (χ4v) is 2.10. The highest BCUT2D eigenvalue weighted by Gasteiger charge is 2.20. The third-order valence-corrected chi connectivity index (χ3v) is 3.27. The molecule has 2 atom stereocenters. The molecule has 2 aromatic rings. The number of nitrogens with zero attached hydrogens (tertiary/aromatic N) is 1. The van der Waals surface area contributed by atoms with Crippen LogP contribution >= 0.6 is 0 Å². The number of hydrogen-bond acceptors (Lipinski definition) is 3. The van der Waals surface area contributed by atoms with Crippen LogP contribution in [0.4, 0.5) is 0 Å². The molecule has 2 unspecified atom stereocenters. The summed E-state index contributed by atoms with van der Waals surface area (Å²) in [6.07, 6.45) is 4.05. The summed E-state index contributed by atoms with van der Waals surface area (Å²) in [5.74, 6) is 0.476. The molecule has 0 saturated heterocycles. The van der Waals surface area contributed by atoms with E-state index in [9.17, 15) is 4.79 Å². The zero-order chi connectivity index (χ0) is 14.4. The first-order valence-electron chi connectivity index (χ1n) is 6.74. The predicted molar refractivity (Wildman–Crippen MR) is 77.8 cm³/mol. The Hall–Kier alpha value is -2.14. The number of rotatable bonds is 6. The molecular formula is C15H20N4O. The van der Waals surface area contributed by atoms with Crippen molar-refractivity contribution in [1.82, 2.24) is 15.3 Å². The highest BCUT2D eigenvalue weighted by Crippen LogP contribution is 2.11. The van der Waals surface area contributed by atoms with Crippen molar-refractivity contribution in [2.75, 3.05) is 6.54 Å². The van der Waals surface area contributed by atoms with Gasteiger partial charge in [0.15, 0.2) is 0 Å². The third-order valence-electron chi connectivity index (χ3n) is 3.27. The summed E-state index contributed by atoms with van der Waals surface area (Å²) >= 11 is 0. The Labute approximate surface area is 118 Å². The lowest BCUT2D eigenvalue weighted by atomic mass is 9.98. The zero-order valence-corrected chi connectivity index (χ0v) is 11.5. The highest BCUT2D eigenvalue weighted by molar-refractivity contribution is 5.79. The van der Waals surface area contributed by atoms with E-state index in [2.05, 4.69) is 15.3 Å². The van der Waals surface area contributed by atoms with E-state index in [1.54, 1.807) is 12.4 Å². The van der Waals surface area contributed by atoms with E-state index in [1.165, 1.54) is 0 Å². The van der Waals surface area contributed by atoms with Gasteiger partial charge in [-0.2, -0.15) is 0 Å². The molecule has 0 spiro atoms. The Kier molecular flexibility index (Phi) is 4.90. The van der Waals surface area contributed by atoms with Gasteiger partial charge in [0.1, 0.15) is 5.82 Å². The summed E-state index contributed by atoms with van der Waals surface area (Å²) < 4.78 is 0. The summed E-state index contributed by atoms with van der Waals surface area (Å²) in [7, 11) is 0. The van der Waals surface area contributed by atoms with Crippen LogP contribution in [0.1, 0.15) is 24.4 Å². The average molecular weight is 272 g/mol. The normalized spacial score (nSPS) is 13.7. The maximum Gasteiger partial charge on any atom is 0.225 e. The molecule has 0 saturated carbocycles. The summed E-state index contributed by atoms with van der Waals surface area (Å²) in [6, 6.07) is 9.75. The third kappa shape index (κ3) is 3.68. The molecule has 0 aliphatic carbocycles. The maximum absolute atomic E-state index is 12.3. The highest BCUT2D eigenvalue weighted by atomic mass is 16.1. The number of aromatic nitrogens is 2. The molecule has 106 valence electrons. The molecule has 1 aromatic carbocycles. The van der Waals surface area contributed by atoms with Crippen LogP contribution in [0.25, 0.3) is 0 Å². The topological polar surface area (TPSA) is 83.8 Å². The van der Waals surface area contributed by atoms with Gasteiger partial charge < -0.3 is 16.0 Å². The van der Waals surface area contributed by atoms with Gasteiger partial charge in [0.2, 0.25) is 5.91 Å². The Balaban J connectivity index is 1.95. The van der Waals surface area contributed by atoms with Gasteiger partial charge in [0.05, 0.1) is 12.0 Å². The van der Waals surface area contributed by atoms with E-state index in [1.807, 2.05) is 37.3 Å². The van der Waals surface area contributed by atoms with Crippen molar-refractivity contribution >= 4 is 5.91 Å². The van der Waals surface area contributed by atoms with Crippen LogP contribution in [0.15, 0.2) is 42.7 Å². The van der Waals surface area contributed by atoms with Crippen molar-refractivity contribution in [3.8, 4) is 0 Å². The lowest BCUT2D eigenvalue weighted by molar-refractivity contribution is -0.125. The summed E-state index contributed by atoms with van der Waals surface area (Å²) in [6.45, 7) is 2.22. The van der Waals surface area contributed by atoms with Crippen molar-refractivity contribution < 1.29 is 4.79 Å². The number of nitrogens with two attached hydrogens (primary N) is 1. The van der Waals surface area contributed by atoms with E-state index < -0.39 is 0 Å². The Bertz CT molecular complexity index is 524. The van der Waals surface area contributed by atoms with Crippen LogP contribution in [-0.2, 0) is 11.2 Å². The van der Waals surface area contributed by atoms with Crippen LogP contribution in [0, 0.1) is 5.92 Å². The Morgan fingerprint density at radius 2 is 2.15 bits per heavy atom. The molecule has 0 radical (unpaired) electrons. The van der Waals surface area contributed by atoms with Gasteiger partial charge in [-0.1, -0.05) is 30.3 Å². The molecule has 1 aromatic heterocycles. The van der Waals surface area contributed by atoms with Crippen molar-refractivity contribution in [3.05, 3.63) is 54.1 Å². The Morgan fingerprint density at radius 1 is 1.40 bits per heavy atom. The SMILES string of the molecule is CC(NC(=O)C(CN)Cc1ccccc1)c1ncc[nH]1. The number of hydrogen-bond donors (Lipinski definition) is 3. The molecule has 0 aliphatic rings. The number of carbonyl (C=O) groups is 1. The molecular weight excluding hydrogens is 252 g/mol. The number of amides is 1. The molecule has 5 nitrogen and oxygen atoms in total. The second-order valence-electron chi connectivity index (χ2n) is 4.83. The van der Waals surface area contributed by atoms with Crippen LogP contribution in [0.3, 0.4) is 0 Å². The van der Waals surface area contributed by atoms with Crippen molar-refractivity contribution in [2.45, 2.75) is 19.4 Å². The van der Waals surface area contributed by atoms with E-state index in [-0.39, 0.29) is 17.9 Å². The van der Waals surface area contributed by atoms with Crippen molar-refractivity contribution in [1.29, 1.82) is 0 Å². The standard InChI is InChI=1S/C15H20N4O/c1-11(14-17-7-8-18-14)19-15(20)13(10-16)9-12-5-3-2-4-6-12/h2-8,11,13H,9-10,16H2,1H3,(H,17,18)(H,19,20). The number of aromatic amines is 1. The van der Waals surface area contributed by atoms with E-state index >= 15 is 0 Å². The zero-order valence-electron chi connectivity index (χ0n) is 11.5. The number of carbonyl (C=O) groups excluding carboxylic acids is 1. The first-order valence-corrected chi connectivity index (χ1v) is 6.74. The summed E-state index contributed by atoms with van der Waals surface area (Å²) in [5.41, 5.74) is 6.85. The second-order valence-corrected chi connectivity index (χ2v) is 4.83. The van der Waals surface area contributed by atoms with Gasteiger partial charge in [0.25, 0.3) is 0 Å². The quantitative estimate of drug-likeness (QED) is 0.743. The predicted octanol–water partition coefficient (Wildman–Crippen LogP) is 1.40. The molecule has 4 N–H and O–H groups in total. The Morgan fingerprint density at radius 3 is 2.75 bits per heavy atom. The fraction of sp³-hybridized carbons (Fsp3) is 0.333.